The van der Waals surface area contributed by atoms with Crippen LogP contribution in [0.3, 0.4) is 0 Å². The highest BCUT2D eigenvalue weighted by molar-refractivity contribution is 5.92. The molecule has 7 nitrogen and oxygen atoms in total. The largest absolute Gasteiger partial charge is 0.339 e. The predicted octanol–water partition coefficient (Wildman–Crippen LogP) is 2.47. The van der Waals surface area contributed by atoms with E-state index in [1.165, 1.54) is 0 Å². The summed E-state index contributed by atoms with van der Waals surface area (Å²) < 4.78 is 5.22. The van der Waals surface area contributed by atoms with Crippen LogP contribution in [0.25, 0.3) is 11.3 Å². The number of rotatable bonds is 3. The average molecular weight is 340 g/mol. The molecule has 25 heavy (non-hydrogen) atoms. The molecular weight excluding hydrogens is 320 g/mol. The van der Waals surface area contributed by atoms with Crippen LogP contribution in [0.2, 0.25) is 0 Å². The Kier molecular flexibility index (Phi) is 4.21. The number of nitrogens with one attached hydrogen (secondary N) is 1. The zero-order valence-electron chi connectivity index (χ0n) is 13.9. The number of anilines is 1. The lowest BCUT2D eigenvalue weighted by atomic mass is 9.87. The fraction of sp³-hybridized carbons (Fsp3) is 0.444. The standard InChI is InChI=1S/C18H20N4O3/c23-17-5-1-4-14-7-6-13(11-22(14)17)18(24)20-16-9-15(21-25-16)12-3-2-8-19-10-12/h2-3,8-10,13-14H,1,4-7,11H2,(H,20,24). The minimum atomic E-state index is -0.203. The van der Waals surface area contributed by atoms with Crippen LogP contribution in [-0.4, -0.2) is 39.4 Å². The summed E-state index contributed by atoms with van der Waals surface area (Å²) in [4.78, 5) is 30.6. The molecule has 0 bridgehead atoms. The lowest BCUT2D eigenvalue weighted by Crippen LogP contribution is -2.51. The van der Waals surface area contributed by atoms with E-state index < -0.39 is 0 Å². The Hall–Kier alpha value is -2.70. The molecule has 0 aromatic carbocycles. The van der Waals surface area contributed by atoms with Gasteiger partial charge in [0.25, 0.3) is 0 Å². The third kappa shape index (κ3) is 3.26. The van der Waals surface area contributed by atoms with Gasteiger partial charge in [0, 0.05) is 43.0 Å². The van der Waals surface area contributed by atoms with Gasteiger partial charge in [0.2, 0.25) is 17.7 Å². The van der Waals surface area contributed by atoms with Gasteiger partial charge >= 0.3 is 0 Å². The molecule has 2 aromatic rings. The summed E-state index contributed by atoms with van der Waals surface area (Å²) >= 11 is 0. The van der Waals surface area contributed by atoms with Crippen molar-refractivity contribution in [1.82, 2.24) is 15.0 Å². The number of fused-ring (bicyclic) bond motifs is 1. The van der Waals surface area contributed by atoms with Crippen LogP contribution < -0.4 is 5.32 Å². The van der Waals surface area contributed by atoms with Gasteiger partial charge in [0.15, 0.2) is 0 Å². The van der Waals surface area contributed by atoms with Gasteiger partial charge in [0.05, 0.1) is 5.92 Å². The number of amides is 2. The molecule has 4 rings (SSSR count). The van der Waals surface area contributed by atoms with Crippen molar-refractivity contribution in [2.24, 2.45) is 5.92 Å². The van der Waals surface area contributed by atoms with Gasteiger partial charge in [-0.1, -0.05) is 5.16 Å². The average Bonchev–Trinajstić information content (AvgIpc) is 3.11. The van der Waals surface area contributed by atoms with Crippen LogP contribution in [0.15, 0.2) is 35.1 Å². The first-order chi connectivity index (χ1) is 12.2. The van der Waals surface area contributed by atoms with Crippen LogP contribution in [0.4, 0.5) is 5.88 Å². The second-order valence-electron chi connectivity index (χ2n) is 6.67. The van der Waals surface area contributed by atoms with Crippen molar-refractivity contribution in [1.29, 1.82) is 0 Å². The van der Waals surface area contributed by atoms with E-state index in [4.69, 9.17) is 4.52 Å². The number of carbonyl (C=O) groups excluding carboxylic acids is 2. The number of piperidine rings is 2. The zero-order valence-corrected chi connectivity index (χ0v) is 13.9. The van der Waals surface area contributed by atoms with Gasteiger partial charge in [-0.05, 0) is 37.8 Å². The number of aromatic nitrogens is 2. The molecule has 2 fully saturated rings. The zero-order chi connectivity index (χ0) is 17.2. The number of nitrogens with zero attached hydrogens (tertiary/aromatic N) is 3. The second-order valence-corrected chi connectivity index (χ2v) is 6.67. The van der Waals surface area contributed by atoms with Crippen molar-refractivity contribution in [3.8, 4) is 11.3 Å². The molecule has 2 unspecified atom stereocenters. The van der Waals surface area contributed by atoms with Crippen molar-refractivity contribution >= 4 is 17.7 Å². The molecule has 1 N–H and O–H groups in total. The number of pyridine rings is 1. The summed E-state index contributed by atoms with van der Waals surface area (Å²) in [5.41, 5.74) is 1.45. The van der Waals surface area contributed by atoms with Crippen molar-refractivity contribution in [2.45, 2.75) is 38.1 Å². The molecule has 4 heterocycles. The molecule has 2 atom stereocenters. The monoisotopic (exact) mass is 340 g/mol. The van der Waals surface area contributed by atoms with E-state index in [-0.39, 0.29) is 17.7 Å². The molecular formula is C18H20N4O3. The maximum Gasteiger partial charge on any atom is 0.231 e. The van der Waals surface area contributed by atoms with Gasteiger partial charge in [-0.25, -0.2) is 0 Å². The molecule has 2 aliphatic rings. The predicted molar refractivity (Wildman–Crippen MR) is 90.4 cm³/mol. The van der Waals surface area contributed by atoms with E-state index in [0.29, 0.717) is 30.6 Å². The topological polar surface area (TPSA) is 88.3 Å². The Labute approximate surface area is 145 Å². The summed E-state index contributed by atoms with van der Waals surface area (Å²) in [5, 5.41) is 6.75. The van der Waals surface area contributed by atoms with E-state index in [1.54, 1.807) is 18.5 Å². The maximum atomic E-state index is 12.5. The molecule has 2 amide bonds. The molecule has 0 radical (unpaired) electrons. The second kappa shape index (κ2) is 6.66. The van der Waals surface area contributed by atoms with Crippen molar-refractivity contribution < 1.29 is 14.1 Å². The van der Waals surface area contributed by atoms with Gasteiger partial charge in [-0.15, -0.1) is 0 Å². The number of carbonyl (C=O) groups is 2. The summed E-state index contributed by atoms with van der Waals surface area (Å²) in [5.74, 6) is 0.166. The first-order valence-corrected chi connectivity index (χ1v) is 8.68. The smallest absolute Gasteiger partial charge is 0.231 e. The highest BCUT2D eigenvalue weighted by Gasteiger charge is 2.36. The summed E-state index contributed by atoms with van der Waals surface area (Å²) in [6.07, 6.45) is 7.67. The van der Waals surface area contributed by atoms with Crippen molar-refractivity contribution in [2.75, 3.05) is 11.9 Å². The third-order valence-corrected chi connectivity index (χ3v) is 5.04. The quantitative estimate of drug-likeness (QED) is 0.927. The Morgan fingerprint density at radius 3 is 3.08 bits per heavy atom. The van der Waals surface area contributed by atoms with E-state index in [2.05, 4.69) is 15.5 Å². The highest BCUT2D eigenvalue weighted by atomic mass is 16.5. The molecule has 2 aliphatic heterocycles. The minimum Gasteiger partial charge on any atom is -0.339 e. The van der Waals surface area contributed by atoms with Gasteiger partial charge in [0.1, 0.15) is 5.69 Å². The summed E-state index contributed by atoms with van der Waals surface area (Å²) in [7, 11) is 0. The van der Waals surface area contributed by atoms with Crippen LogP contribution in [0, 0.1) is 5.92 Å². The van der Waals surface area contributed by atoms with Gasteiger partial charge in [-0.2, -0.15) is 0 Å². The minimum absolute atomic E-state index is 0.120. The van der Waals surface area contributed by atoms with Crippen LogP contribution in [-0.2, 0) is 9.59 Å². The lowest BCUT2D eigenvalue weighted by molar-refractivity contribution is -0.140. The van der Waals surface area contributed by atoms with Crippen LogP contribution >= 0.6 is 0 Å². The Bertz CT molecular complexity index is 774. The normalized spacial score (nSPS) is 23.2. The Morgan fingerprint density at radius 2 is 2.24 bits per heavy atom. The third-order valence-electron chi connectivity index (χ3n) is 5.04. The van der Waals surface area contributed by atoms with E-state index >= 15 is 0 Å². The van der Waals surface area contributed by atoms with E-state index in [0.717, 1.165) is 31.2 Å². The van der Waals surface area contributed by atoms with Gasteiger partial charge in [-0.3, -0.25) is 19.9 Å². The maximum absolute atomic E-state index is 12.5. The number of hydrogen-bond acceptors (Lipinski definition) is 5. The summed E-state index contributed by atoms with van der Waals surface area (Å²) in [6, 6.07) is 5.69. The first-order valence-electron chi connectivity index (χ1n) is 8.68. The highest BCUT2D eigenvalue weighted by Crippen LogP contribution is 2.30. The van der Waals surface area contributed by atoms with E-state index in [9.17, 15) is 9.59 Å². The molecule has 130 valence electrons. The first kappa shape index (κ1) is 15.8. The fourth-order valence-electron chi connectivity index (χ4n) is 3.69. The fourth-order valence-corrected chi connectivity index (χ4v) is 3.69. The van der Waals surface area contributed by atoms with Crippen molar-refractivity contribution in [3.63, 3.8) is 0 Å². The molecule has 2 saturated heterocycles. The SMILES string of the molecule is O=C(Nc1cc(-c2cccnc2)no1)C1CCC2CCCC(=O)N2C1. The molecule has 2 aromatic heterocycles. The molecule has 0 spiro atoms. The molecule has 0 aliphatic carbocycles. The van der Waals surface area contributed by atoms with Crippen LogP contribution in [0.5, 0.6) is 0 Å². The van der Waals surface area contributed by atoms with Crippen LogP contribution in [0.1, 0.15) is 32.1 Å². The summed E-state index contributed by atoms with van der Waals surface area (Å²) in [6.45, 7) is 0.499. The lowest BCUT2D eigenvalue weighted by Gasteiger charge is -2.41. The molecule has 0 saturated carbocycles. The molecule has 7 heteroatoms. The Balaban J connectivity index is 1.41. The van der Waals surface area contributed by atoms with Crippen molar-refractivity contribution in [3.05, 3.63) is 30.6 Å². The Morgan fingerprint density at radius 1 is 1.32 bits per heavy atom. The van der Waals surface area contributed by atoms with E-state index in [1.807, 2.05) is 17.0 Å². The number of hydrogen-bond donors (Lipinski definition) is 1. The van der Waals surface area contributed by atoms with Gasteiger partial charge < -0.3 is 9.42 Å².